The molecule has 4 rings (SSSR count). The highest BCUT2D eigenvalue weighted by Gasteiger charge is 2.15. The van der Waals surface area contributed by atoms with Gasteiger partial charge in [0.05, 0.1) is 18.7 Å². The topological polar surface area (TPSA) is 74.3 Å². The molecule has 112 valence electrons. The molecule has 0 saturated carbocycles. The van der Waals surface area contributed by atoms with E-state index in [2.05, 4.69) is 20.1 Å². The molecule has 0 radical (unpaired) electrons. The van der Waals surface area contributed by atoms with Crippen LogP contribution in [0.2, 0.25) is 0 Å². The van der Waals surface area contributed by atoms with Crippen LogP contribution in [0, 0.1) is 0 Å². The Labute approximate surface area is 127 Å². The molecule has 1 aromatic carbocycles. The largest absolute Gasteiger partial charge is 0.508 e. The number of fused-ring (bicyclic) bond motifs is 1. The van der Waals surface area contributed by atoms with Crippen molar-refractivity contribution in [2.24, 2.45) is 0 Å². The van der Waals surface area contributed by atoms with Crippen molar-refractivity contribution in [2.45, 2.75) is 0 Å². The zero-order chi connectivity index (χ0) is 14.9. The van der Waals surface area contributed by atoms with E-state index in [9.17, 15) is 5.11 Å². The maximum atomic E-state index is 9.70. The number of phenols is 1. The molecule has 1 aliphatic heterocycles. The van der Waals surface area contributed by atoms with Gasteiger partial charge in [0.15, 0.2) is 0 Å². The van der Waals surface area contributed by atoms with Gasteiger partial charge in [0, 0.05) is 30.2 Å². The number of hydrogen-bond acceptors (Lipinski definition) is 5. The Balaban J connectivity index is 1.76. The molecule has 3 aromatic rings. The first-order valence-corrected chi connectivity index (χ1v) is 7.27. The standard InChI is InChI=1S/C16H16N4O2/c21-12-1-2-14-13(10-12)16(19-18-14)11-3-4-17-15(9-11)20-5-7-22-8-6-20/h1-4,9-10,21H,5-8H2,(H,18,19). The van der Waals surface area contributed by atoms with Crippen molar-refractivity contribution >= 4 is 16.7 Å². The smallest absolute Gasteiger partial charge is 0.129 e. The number of H-pyrrole nitrogens is 1. The first kappa shape index (κ1) is 13.1. The lowest BCUT2D eigenvalue weighted by molar-refractivity contribution is 0.122. The molecule has 6 nitrogen and oxygen atoms in total. The molecule has 0 spiro atoms. The van der Waals surface area contributed by atoms with Crippen LogP contribution >= 0.6 is 0 Å². The number of rotatable bonds is 2. The number of aromatic hydroxyl groups is 1. The van der Waals surface area contributed by atoms with Crippen LogP contribution < -0.4 is 4.90 Å². The summed E-state index contributed by atoms with van der Waals surface area (Å²) in [4.78, 5) is 6.66. The zero-order valence-corrected chi connectivity index (χ0v) is 12.0. The van der Waals surface area contributed by atoms with Crippen molar-refractivity contribution in [3.05, 3.63) is 36.5 Å². The second kappa shape index (κ2) is 5.31. The first-order valence-electron chi connectivity index (χ1n) is 7.27. The van der Waals surface area contributed by atoms with E-state index < -0.39 is 0 Å². The SMILES string of the molecule is Oc1ccc2[nH]nc(-c3ccnc(N4CCOCC4)c3)c2c1. The van der Waals surface area contributed by atoms with Gasteiger partial charge in [0.1, 0.15) is 17.3 Å². The van der Waals surface area contributed by atoms with Crippen LogP contribution in [0.3, 0.4) is 0 Å². The number of anilines is 1. The third kappa shape index (κ3) is 2.27. The number of ether oxygens (including phenoxy) is 1. The predicted octanol–water partition coefficient (Wildman–Crippen LogP) is 2.17. The highest BCUT2D eigenvalue weighted by molar-refractivity contribution is 5.94. The van der Waals surface area contributed by atoms with Gasteiger partial charge in [-0.2, -0.15) is 5.10 Å². The minimum absolute atomic E-state index is 0.234. The van der Waals surface area contributed by atoms with E-state index in [4.69, 9.17) is 4.74 Å². The lowest BCUT2D eigenvalue weighted by Crippen LogP contribution is -2.36. The van der Waals surface area contributed by atoms with E-state index >= 15 is 0 Å². The van der Waals surface area contributed by atoms with Crippen LogP contribution in [0.25, 0.3) is 22.2 Å². The van der Waals surface area contributed by atoms with Gasteiger partial charge in [-0.15, -0.1) is 0 Å². The predicted molar refractivity (Wildman–Crippen MR) is 84.0 cm³/mol. The number of morpholine rings is 1. The molecular formula is C16H16N4O2. The summed E-state index contributed by atoms with van der Waals surface area (Å²) in [5.41, 5.74) is 2.70. The Hall–Kier alpha value is -2.60. The minimum Gasteiger partial charge on any atom is -0.508 e. The molecule has 0 amide bonds. The summed E-state index contributed by atoms with van der Waals surface area (Å²) in [6.07, 6.45) is 1.80. The van der Waals surface area contributed by atoms with E-state index in [1.165, 1.54) is 0 Å². The van der Waals surface area contributed by atoms with Gasteiger partial charge >= 0.3 is 0 Å². The summed E-state index contributed by atoms with van der Waals surface area (Å²) in [6, 6.07) is 9.17. The maximum absolute atomic E-state index is 9.70. The van der Waals surface area contributed by atoms with Gasteiger partial charge in [0.25, 0.3) is 0 Å². The van der Waals surface area contributed by atoms with Crippen LogP contribution in [-0.4, -0.2) is 46.6 Å². The van der Waals surface area contributed by atoms with Crippen molar-refractivity contribution in [2.75, 3.05) is 31.2 Å². The molecule has 0 bridgehead atoms. The number of aromatic nitrogens is 3. The van der Waals surface area contributed by atoms with Gasteiger partial charge in [-0.3, -0.25) is 5.10 Å². The van der Waals surface area contributed by atoms with Crippen molar-refractivity contribution in [1.29, 1.82) is 0 Å². The van der Waals surface area contributed by atoms with Crippen molar-refractivity contribution in [3.8, 4) is 17.0 Å². The van der Waals surface area contributed by atoms with Gasteiger partial charge in [-0.1, -0.05) is 0 Å². The fourth-order valence-electron chi connectivity index (χ4n) is 2.75. The lowest BCUT2D eigenvalue weighted by atomic mass is 10.1. The summed E-state index contributed by atoms with van der Waals surface area (Å²) in [7, 11) is 0. The number of phenolic OH excluding ortho intramolecular Hbond substituents is 1. The number of nitrogens with zero attached hydrogens (tertiary/aromatic N) is 3. The highest BCUT2D eigenvalue weighted by Crippen LogP contribution is 2.30. The van der Waals surface area contributed by atoms with E-state index in [0.29, 0.717) is 0 Å². The summed E-state index contributed by atoms with van der Waals surface area (Å²) < 4.78 is 5.38. The number of pyridine rings is 1. The second-order valence-electron chi connectivity index (χ2n) is 5.30. The third-order valence-electron chi connectivity index (χ3n) is 3.90. The minimum atomic E-state index is 0.234. The monoisotopic (exact) mass is 296 g/mol. The van der Waals surface area contributed by atoms with E-state index in [1.54, 1.807) is 18.3 Å². The van der Waals surface area contributed by atoms with E-state index in [0.717, 1.165) is 54.3 Å². The Morgan fingerprint density at radius 2 is 2.00 bits per heavy atom. The summed E-state index contributed by atoms with van der Waals surface area (Å²) >= 11 is 0. The number of nitrogens with one attached hydrogen (secondary N) is 1. The Kier molecular flexibility index (Phi) is 3.16. The average Bonchev–Trinajstić information content (AvgIpc) is 2.99. The second-order valence-corrected chi connectivity index (χ2v) is 5.30. The number of benzene rings is 1. The maximum Gasteiger partial charge on any atom is 0.129 e. The van der Waals surface area contributed by atoms with Gasteiger partial charge < -0.3 is 14.7 Å². The van der Waals surface area contributed by atoms with Gasteiger partial charge in [-0.05, 0) is 30.3 Å². The first-order chi connectivity index (χ1) is 10.8. The average molecular weight is 296 g/mol. The molecule has 1 saturated heterocycles. The van der Waals surface area contributed by atoms with Crippen molar-refractivity contribution in [3.63, 3.8) is 0 Å². The molecule has 3 heterocycles. The molecule has 0 unspecified atom stereocenters. The normalized spacial score (nSPS) is 15.4. The van der Waals surface area contributed by atoms with E-state index in [-0.39, 0.29) is 5.75 Å². The fourth-order valence-corrected chi connectivity index (χ4v) is 2.75. The van der Waals surface area contributed by atoms with Crippen LogP contribution in [0.5, 0.6) is 5.75 Å². The van der Waals surface area contributed by atoms with E-state index in [1.807, 2.05) is 18.2 Å². The van der Waals surface area contributed by atoms with Crippen LogP contribution in [0.15, 0.2) is 36.5 Å². The quantitative estimate of drug-likeness (QED) is 0.758. The van der Waals surface area contributed by atoms with Crippen molar-refractivity contribution < 1.29 is 9.84 Å². The van der Waals surface area contributed by atoms with Crippen molar-refractivity contribution in [1.82, 2.24) is 15.2 Å². The Morgan fingerprint density at radius 3 is 2.86 bits per heavy atom. The summed E-state index contributed by atoms with van der Waals surface area (Å²) in [5.74, 6) is 1.16. The fraction of sp³-hybridized carbons (Fsp3) is 0.250. The molecular weight excluding hydrogens is 280 g/mol. The number of hydrogen-bond donors (Lipinski definition) is 2. The van der Waals surface area contributed by atoms with Gasteiger partial charge in [0.2, 0.25) is 0 Å². The van der Waals surface area contributed by atoms with Crippen LogP contribution in [0.4, 0.5) is 5.82 Å². The Bertz CT molecular complexity index is 809. The molecule has 1 aliphatic rings. The molecule has 22 heavy (non-hydrogen) atoms. The molecule has 1 fully saturated rings. The summed E-state index contributed by atoms with van der Waals surface area (Å²) in [5, 5.41) is 18.0. The molecule has 2 N–H and O–H groups in total. The lowest BCUT2D eigenvalue weighted by Gasteiger charge is -2.27. The highest BCUT2D eigenvalue weighted by atomic mass is 16.5. The third-order valence-corrected chi connectivity index (χ3v) is 3.90. The summed E-state index contributed by atoms with van der Waals surface area (Å²) in [6.45, 7) is 3.15. The zero-order valence-electron chi connectivity index (χ0n) is 12.0. The molecule has 0 atom stereocenters. The molecule has 6 heteroatoms. The molecule has 0 aliphatic carbocycles. The molecule has 2 aromatic heterocycles. The van der Waals surface area contributed by atoms with Crippen LogP contribution in [0.1, 0.15) is 0 Å². The van der Waals surface area contributed by atoms with Crippen LogP contribution in [-0.2, 0) is 4.74 Å². The Morgan fingerprint density at radius 1 is 1.14 bits per heavy atom. The number of aromatic amines is 1. The van der Waals surface area contributed by atoms with Gasteiger partial charge in [-0.25, -0.2) is 4.98 Å².